The second-order valence-corrected chi connectivity index (χ2v) is 6.17. The summed E-state index contributed by atoms with van der Waals surface area (Å²) >= 11 is 0. The fourth-order valence-corrected chi connectivity index (χ4v) is 2.80. The van der Waals surface area contributed by atoms with Crippen LogP contribution in [0.3, 0.4) is 0 Å². The molecule has 2 rings (SSSR count). The maximum Gasteiger partial charge on any atom is 0.0475 e. The smallest absolute Gasteiger partial charge is 0.0475 e. The number of nitrogens with zero attached hydrogens (tertiary/aromatic N) is 2. The molecule has 0 spiro atoms. The molecular weight excluding hydrogens is 220 g/mol. The summed E-state index contributed by atoms with van der Waals surface area (Å²) in [7, 11) is 0. The Morgan fingerprint density at radius 3 is 2.33 bits per heavy atom. The topological polar surface area (TPSA) is 6.48 Å². The molecule has 18 heavy (non-hydrogen) atoms. The van der Waals surface area contributed by atoms with Gasteiger partial charge in [-0.3, -0.25) is 9.80 Å². The molecule has 0 amide bonds. The van der Waals surface area contributed by atoms with Crippen molar-refractivity contribution in [3.05, 3.63) is 35.9 Å². The van der Waals surface area contributed by atoms with Crippen molar-refractivity contribution in [3.8, 4) is 0 Å². The van der Waals surface area contributed by atoms with E-state index >= 15 is 0 Å². The average molecular weight is 246 g/mol. The van der Waals surface area contributed by atoms with Crippen molar-refractivity contribution in [3.63, 3.8) is 0 Å². The summed E-state index contributed by atoms with van der Waals surface area (Å²) in [5.74, 6) is 0. The second kappa shape index (κ2) is 5.41. The van der Waals surface area contributed by atoms with Crippen LogP contribution in [0.1, 0.15) is 39.3 Å². The molecule has 0 bridgehead atoms. The van der Waals surface area contributed by atoms with Gasteiger partial charge in [0.15, 0.2) is 0 Å². The van der Waals surface area contributed by atoms with E-state index in [1.54, 1.807) is 0 Å². The van der Waals surface area contributed by atoms with E-state index in [0.717, 1.165) is 13.1 Å². The van der Waals surface area contributed by atoms with E-state index in [0.29, 0.717) is 6.04 Å². The van der Waals surface area contributed by atoms with E-state index in [9.17, 15) is 0 Å². The summed E-state index contributed by atoms with van der Waals surface area (Å²) in [6, 6.07) is 11.5. The number of hydrogen-bond donors (Lipinski definition) is 0. The van der Waals surface area contributed by atoms with Gasteiger partial charge in [0.25, 0.3) is 0 Å². The zero-order chi connectivity index (χ0) is 13.2. The summed E-state index contributed by atoms with van der Waals surface area (Å²) in [6.45, 7) is 13.8. The van der Waals surface area contributed by atoms with Gasteiger partial charge in [0, 0.05) is 31.2 Å². The van der Waals surface area contributed by atoms with E-state index in [1.165, 1.54) is 18.7 Å². The summed E-state index contributed by atoms with van der Waals surface area (Å²) in [5.41, 5.74) is 1.72. The van der Waals surface area contributed by atoms with Crippen molar-refractivity contribution < 1.29 is 0 Å². The minimum Gasteiger partial charge on any atom is -0.295 e. The molecule has 1 aromatic rings. The van der Waals surface area contributed by atoms with Gasteiger partial charge in [-0.2, -0.15) is 0 Å². The predicted octanol–water partition coefficient (Wildman–Crippen LogP) is 3.16. The number of rotatable bonds is 2. The molecule has 0 saturated carbocycles. The van der Waals surface area contributed by atoms with Crippen LogP contribution in [0.2, 0.25) is 0 Å². The Kier molecular flexibility index (Phi) is 4.08. The lowest BCUT2D eigenvalue weighted by molar-refractivity contribution is 0.0239. The van der Waals surface area contributed by atoms with Crippen LogP contribution in [0.5, 0.6) is 0 Å². The van der Waals surface area contributed by atoms with Crippen molar-refractivity contribution in [1.82, 2.24) is 9.80 Å². The Morgan fingerprint density at radius 1 is 1.11 bits per heavy atom. The SMILES string of the molecule is CCN1CCN(C(C)(C)C)CC1c1ccccc1. The van der Waals surface area contributed by atoms with Gasteiger partial charge in [0.1, 0.15) is 0 Å². The Bertz CT molecular complexity index is 366. The van der Waals surface area contributed by atoms with Crippen LogP contribution in [0.25, 0.3) is 0 Å². The molecule has 1 aromatic carbocycles. The first-order valence-electron chi connectivity index (χ1n) is 7.06. The fourth-order valence-electron chi connectivity index (χ4n) is 2.80. The maximum atomic E-state index is 2.61. The highest BCUT2D eigenvalue weighted by Crippen LogP contribution is 2.28. The number of hydrogen-bond acceptors (Lipinski definition) is 2. The molecule has 0 aromatic heterocycles. The van der Waals surface area contributed by atoms with Gasteiger partial charge in [0.05, 0.1) is 0 Å². The molecule has 1 aliphatic heterocycles. The Labute approximate surface area is 112 Å². The van der Waals surface area contributed by atoms with Gasteiger partial charge in [-0.05, 0) is 32.9 Å². The normalized spacial score (nSPS) is 23.2. The monoisotopic (exact) mass is 246 g/mol. The van der Waals surface area contributed by atoms with Gasteiger partial charge >= 0.3 is 0 Å². The van der Waals surface area contributed by atoms with Crippen LogP contribution in [0.15, 0.2) is 30.3 Å². The lowest BCUT2D eigenvalue weighted by Gasteiger charge is -2.46. The summed E-state index contributed by atoms with van der Waals surface area (Å²) in [5, 5.41) is 0. The Morgan fingerprint density at radius 2 is 1.78 bits per heavy atom. The average Bonchev–Trinajstić information content (AvgIpc) is 2.38. The molecule has 1 atom stereocenters. The fraction of sp³-hybridized carbons (Fsp3) is 0.625. The van der Waals surface area contributed by atoms with Gasteiger partial charge in [-0.25, -0.2) is 0 Å². The van der Waals surface area contributed by atoms with Crippen molar-refractivity contribution in [2.24, 2.45) is 0 Å². The maximum absolute atomic E-state index is 2.61. The van der Waals surface area contributed by atoms with E-state index in [-0.39, 0.29) is 5.54 Å². The van der Waals surface area contributed by atoms with Gasteiger partial charge in [0.2, 0.25) is 0 Å². The zero-order valence-corrected chi connectivity index (χ0v) is 12.2. The first kappa shape index (κ1) is 13.6. The third-order valence-electron chi connectivity index (χ3n) is 4.03. The Balaban J connectivity index is 2.19. The van der Waals surface area contributed by atoms with Gasteiger partial charge in [-0.15, -0.1) is 0 Å². The lowest BCUT2D eigenvalue weighted by Crippen LogP contribution is -2.54. The van der Waals surface area contributed by atoms with Crippen LogP contribution in [-0.4, -0.2) is 41.5 Å². The largest absolute Gasteiger partial charge is 0.295 e. The molecule has 1 aliphatic rings. The summed E-state index contributed by atoms with van der Waals surface area (Å²) in [6.07, 6.45) is 0. The molecule has 0 aliphatic carbocycles. The molecule has 0 N–H and O–H groups in total. The number of benzene rings is 1. The zero-order valence-electron chi connectivity index (χ0n) is 12.2. The third-order valence-corrected chi connectivity index (χ3v) is 4.03. The quantitative estimate of drug-likeness (QED) is 0.791. The first-order chi connectivity index (χ1) is 8.52. The Hall–Kier alpha value is -0.860. The number of piperazine rings is 1. The molecular formula is C16H26N2. The summed E-state index contributed by atoms with van der Waals surface area (Å²) in [4.78, 5) is 5.20. The highest BCUT2D eigenvalue weighted by molar-refractivity contribution is 5.20. The molecule has 100 valence electrons. The lowest BCUT2D eigenvalue weighted by atomic mass is 9.97. The molecule has 2 heteroatoms. The van der Waals surface area contributed by atoms with E-state index in [4.69, 9.17) is 0 Å². The van der Waals surface area contributed by atoms with Crippen molar-refractivity contribution in [2.45, 2.75) is 39.3 Å². The van der Waals surface area contributed by atoms with Crippen LogP contribution < -0.4 is 0 Å². The minimum atomic E-state index is 0.271. The molecule has 1 saturated heterocycles. The molecule has 0 radical (unpaired) electrons. The van der Waals surface area contributed by atoms with Crippen LogP contribution in [0.4, 0.5) is 0 Å². The number of likely N-dealkylation sites (N-methyl/N-ethyl adjacent to an activating group) is 1. The van der Waals surface area contributed by atoms with Crippen molar-refractivity contribution >= 4 is 0 Å². The first-order valence-corrected chi connectivity index (χ1v) is 7.06. The molecule has 1 fully saturated rings. The van der Waals surface area contributed by atoms with E-state index in [1.807, 2.05) is 0 Å². The van der Waals surface area contributed by atoms with Gasteiger partial charge in [-0.1, -0.05) is 37.3 Å². The molecule has 1 heterocycles. The van der Waals surface area contributed by atoms with Crippen LogP contribution in [0, 0.1) is 0 Å². The molecule has 1 unspecified atom stereocenters. The minimum absolute atomic E-state index is 0.271. The second-order valence-electron chi connectivity index (χ2n) is 6.17. The highest BCUT2D eigenvalue weighted by atomic mass is 15.3. The third kappa shape index (κ3) is 2.93. The van der Waals surface area contributed by atoms with Gasteiger partial charge < -0.3 is 0 Å². The van der Waals surface area contributed by atoms with Crippen LogP contribution >= 0.6 is 0 Å². The van der Waals surface area contributed by atoms with E-state index < -0.39 is 0 Å². The summed E-state index contributed by atoms with van der Waals surface area (Å²) < 4.78 is 0. The predicted molar refractivity (Wildman–Crippen MR) is 77.8 cm³/mol. The standard InChI is InChI=1S/C16H26N2/c1-5-17-11-12-18(16(2,3)4)13-15(17)14-9-7-6-8-10-14/h6-10,15H,5,11-13H2,1-4H3. The highest BCUT2D eigenvalue weighted by Gasteiger charge is 2.32. The van der Waals surface area contributed by atoms with Crippen molar-refractivity contribution in [2.75, 3.05) is 26.2 Å². The van der Waals surface area contributed by atoms with Crippen molar-refractivity contribution in [1.29, 1.82) is 0 Å². The van der Waals surface area contributed by atoms with E-state index in [2.05, 4.69) is 67.8 Å². The van der Waals surface area contributed by atoms with Crippen LogP contribution in [-0.2, 0) is 0 Å². The molecule has 2 nitrogen and oxygen atoms in total.